The van der Waals surface area contributed by atoms with Crippen molar-refractivity contribution in [3.8, 4) is 0 Å². The molecular weight excluding hydrogens is 186 g/mol. The third kappa shape index (κ3) is 3.16. The van der Waals surface area contributed by atoms with E-state index in [1.807, 2.05) is 0 Å². The molecule has 0 aromatic heterocycles. The number of likely N-dealkylation sites (tertiary alicyclic amines) is 1. The minimum atomic E-state index is 0.832. The van der Waals surface area contributed by atoms with E-state index in [1.54, 1.807) is 0 Å². The summed E-state index contributed by atoms with van der Waals surface area (Å²) >= 11 is 0. The molecule has 2 heterocycles. The second-order valence-corrected chi connectivity index (χ2v) is 4.83. The molecule has 2 rings (SSSR count). The fourth-order valence-electron chi connectivity index (χ4n) is 2.85. The standard InChI is InChI=1S/C12H25N3/c1-2-14-8-3-5-12(11-14)15-9-4-6-13-7-10-15/h12-13H,2-11H2,1H3. The van der Waals surface area contributed by atoms with Gasteiger partial charge in [0, 0.05) is 25.7 Å². The zero-order chi connectivity index (χ0) is 10.5. The number of rotatable bonds is 2. The lowest BCUT2D eigenvalue weighted by atomic mass is 10.0. The van der Waals surface area contributed by atoms with E-state index in [9.17, 15) is 0 Å². The first-order valence-corrected chi connectivity index (χ1v) is 6.57. The molecule has 2 aliphatic rings. The molecule has 1 atom stereocenters. The lowest BCUT2D eigenvalue weighted by Crippen LogP contribution is -2.48. The first kappa shape index (κ1) is 11.4. The molecule has 2 saturated heterocycles. The molecule has 1 unspecified atom stereocenters. The van der Waals surface area contributed by atoms with E-state index in [0.717, 1.165) is 6.04 Å². The molecule has 0 bridgehead atoms. The van der Waals surface area contributed by atoms with E-state index in [2.05, 4.69) is 22.0 Å². The summed E-state index contributed by atoms with van der Waals surface area (Å²) in [5, 5.41) is 3.49. The lowest BCUT2D eigenvalue weighted by Gasteiger charge is -2.38. The van der Waals surface area contributed by atoms with Crippen molar-refractivity contribution in [1.29, 1.82) is 0 Å². The molecule has 2 fully saturated rings. The van der Waals surface area contributed by atoms with Crippen molar-refractivity contribution in [3.05, 3.63) is 0 Å². The van der Waals surface area contributed by atoms with Gasteiger partial charge in [-0.15, -0.1) is 0 Å². The third-order valence-electron chi connectivity index (χ3n) is 3.82. The van der Waals surface area contributed by atoms with Crippen molar-refractivity contribution in [3.63, 3.8) is 0 Å². The SMILES string of the molecule is CCN1CCCC(N2CCCNCC2)C1. The molecule has 0 spiro atoms. The van der Waals surface area contributed by atoms with Crippen molar-refractivity contribution in [2.45, 2.75) is 32.2 Å². The predicted molar refractivity (Wildman–Crippen MR) is 64.2 cm³/mol. The van der Waals surface area contributed by atoms with Crippen LogP contribution in [0.25, 0.3) is 0 Å². The van der Waals surface area contributed by atoms with E-state index in [1.165, 1.54) is 65.1 Å². The van der Waals surface area contributed by atoms with Crippen LogP contribution < -0.4 is 5.32 Å². The predicted octanol–water partition coefficient (Wildman–Crippen LogP) is 0.766. The number of likely N-dealkylation sites (N-methyl/N-ethyl adjacent to an activating group) is 1. The van der Waals surface area contributed by atoms with Gasteiger partial charge in [0.25, 0.3) is 0 Å². The summed E-state index contributed by atoms with van der Waals surface area (Å²) in [6.45, 7) is 11.1. The molecule has 0 radical (unpaired) electrons. The third-order valence-corrected chi connectivity index (χ3v) is 3.82. The molecule has 0 amide bonds. The first-order chi connectivity index (χ1) is 7.40. The fraction of sp³-hybridized carbons (Fsp3) is 1.00. The highest BCUT2D eigenvalue weighted by atomic mass is 15.2. The van der Waals surface area contributed by atoms with Gasteiger partial charge in [-0.1, -0.05) is 6.92 Å². The van der Waals surface area contributed by atoms with Gasteiger partial charge in [-0.2, -0.15) is 0 Å². The van der Waals surface area contributed by atoms with Gasteiger partial charge in [0.1, 0.15) is 0 Å². The molecule has 3 nitrogen and oxygen atoms in total. The maximum absolute atomic E-state index is 3.49. The maximum Gasteiger partial charge on any atom is 0.0224 e. The van der Waals surface area contributed by atoms with Crippen LogP contribution in [0.3, 0.4) is 0 Å². The summed E-state index contributed by atoms with van der Waals surface area (Å²) in [6.07, 6.45) is 4.13. The van der Waals surface area contributed by atoms with Gasteiger partial charge < -0.3 is 10.2 Å². The van der Waals surface area contributed by atoms with Crippen LogP contribution in [0.15, 0.2) is 0 Å². The molecule has 0 saturated carbocycles. The Morgan fingerprint density at radius 1 is 1.13 bits per heavy atom. The Balaban J connectivity index is 1.84. The molecule has 0 aromatic carbocycles. The van der Waals surface area contributed by atoms with Crippen molar-refractivity contribution in [2.24, 2.45) is 0 Å². The van der Waals surface area contributed by atoms with Crippen LogP contribution in [-0.2, 0) is 0 Å². The van der Waals surface area contributed by atoms with Crippen molar-refractivity contribution >= 4 is 0 Å². The number of piperidine rings is 1. The summed E-state index contributed by atoms with van der Waals surface area (Å²) in [4.78, 5) is 5.31. The molecule has 0 aliphatic carbocycles. The van der Waals surface area contributed by atoms with Crippen LogP contribution in [0.1, 0.15) is 26.2 Å². The van der Waals surface area contributed by atoms with Gasteiger partial charge in [0.2, 0.25) is 0 Å². The fourth-order valence-corrected chi connectivity index (χ4v) is 2.85. The molecule has 0 aromatic rings. The molecular formula is C12H25N3. The summed E-state index contributed by atoms with van der Waals surface area (Å²) in [7, 11) is 0. The van der Waals surface area contributed by atoms with Crippen LogP contribution in [0.4, 0.5) is 0 Å². The average molecular weight is 211 g/mol. The second-order valence-electron chi connectivity index (χ2n) is 4.83. The molecule has 1 N–H and O–H groups in total. The van der Waals surface area contributed by atoms with Crippen LogP contribution in [-0.4, -0.2) is 61.7 Å². The highest BCUT2D eigenvalue weighted by Crippen LogP contribution is 2.16. The Bertz CT molecular complexity index is 176. The highest BCUT2D eigenvalue weighted by Gasteiger charge is 2.24. The molecule has 88 valence electrons. The Kier molecular flexibility index (Phi) is 4.42. The summed E-state index contributed by atoms with van der Waals surface area (Å²) in [5.74, 6) is 0. The summed E-state index contributed by atoms with van der Waals surface area (Å²) < 4.78 is 0. The molecule has 15 heavy (non-hydrogen) atoms. The van der Waals surface area contributed by atoms with E-state index >= 15 is 0 Å². The molecule has 2 aliphatic heterocycles. The molecule has 3 heteroatoms. The van der Waals surface area contributed by atoms with E-state index in [4.69, 9.17) is 0 Å². The Morgan fingerprint density at radius 2 is 2.07 bits per heavy atom. The minimum absolute atomic E-state index is 0.832. The number of nitrogens with one attached hydrogen (secondary N) is 1. The quantitative estimate of drug-likeness (QED) is 0.728. The van der Waals surface area contributed by atoms with Crippen LogP contribution >= 0.6 is 0 Å². The topological polar surface area (TPSA) is 18.5 Å². The summed E-state index contributed by atoms with van der Waals surface area (Å²) in [5.41, 5.74) is 0. The highest BCUT2D eigenvalue weighted by molar-refractivity contribution is 4.81. The van der Waals surface area contributed by atoms with Gasteiger partial charge in [0.05, 0.1) is 0 Å². The van der Waals surface area contributed by atoms with Crippen LogP contribution in [0.5, 0.6) is 0 Å². The van der Waals surface area contributed by atoms with Crippen molar-refractivity contribution < 1.29 is 0 Å². The van der Waals surface area contributed by atoms with Gasteiger partial charge in [-0.25, -0.2) is 0 Å². The minimum Gasteiger partial charge on any atom is -0.315 e. The van der Waals surface area contributed by atoms with Crippen molar-refractivity contribution in [1.82, 2.24) is 15.1 Å². The second kappa shape index (κ2) is 5.83. The largest absolute Gasteiger partial charge is 0.315 e. The zero-order valence-electron chi connectivity index (χ0n) is 10.0. The monoisotopic (exact) mass is 211 g/mol. The first-order valence-electron chi connectivity index (χ1n) is 6.57. The van der Waals surface area contributed by atoms with Gasteiger partial charge >= 0.3 is 0 Å². The average Bonchev–Trinajstić information content (AvgIpc) is 2.58. The van der Waals surface area contributed by atoms with Crippen LogP contribution in [0.2, 0.25) is 0 Å². The van der Waals surface area contributed by atoms with Gasteiger partial charge in [-0.05, 0) is 45.4 Å². The van der Waals surface area contributed by atoms with E-state index < -0.39 is 0 Å². The number of hydrogen-bond acceptors (Lipinski definition) is 3. The maximum atomic E-state index is 3.49. The zero-order valence-corrected chi connectivity index (χ0v) is 10.0. The number of nitrogens with zero attached hydrogens (tertiary/aromatic N) is 2. The Hall–Kier alpha value is -0.120. The van der Waals surface area contributed by atoms with E-state index in [-0.39, 0.29) is 0 Å². The van der Waals surface area contributed by atoms with Crippen molar-refractivity contribution in [2.75, 3.05) is 45.8 Å². The summed E-state index contributed by atoms with van der Waals surface area (Å²) in [6, 6.07) is 0.832. The van der Waals surface area contributed by atoms with Gasteiger partial charge in [-0.3, -0.25) is 4.90 Å². The Morgan fingerprint density at radius 3 is 2.93 bits per heavy atom. The van der Waals surface area contributed by atoms with Gasteiger partial charge in [0.15, 0.2) is 0 Å². The normalized spacial score (nSPS) is 31.4. The van der Waals surface area contributed by atoms with E-state index in [0.29, 0.717) is 0 Å². The Labute approximate surface area is 93.8 Å². The smallest absolute Gasteiger partial charge is 0.0224 e. The number of hydrogen-bond donors (Lipinski definition) is 1. The van der Waals surface area contributed by atoms with Crippen LogP contribution in [0, 0.1) is 0 Å². The lowest BCUT2D eigenvalue weighted by molar-refractivity contribution is 0.106.